The van der Waals surface area contributed by atoms with Crippen LogP contribution < -0.4 is 4.90 Å². The molecular formula is C64H45N. The molecule has 0 aliphatic heterocycles. The van der Waals surface area contributed by atoms with Gasteiger partial charge < -0.3 is 4.90 Å². The second kappa shape index (κ2) is 17.7. The van der Waals surface area contributed by atoms with Crippen molar-refractivity contribution in [2.24, 2.45) is 0 Å². The average molecular weight is 836 g/mol. The molecule has 0 bridgehead atoms. The van der Waals surface area contributed by atoms with Gasteiger partial charge in [-0.1, -0.05) is 212 Å². The van der Waals surface area contributed by atoms with Crippen LogP contribution in [0, 0.1) is 0 Å². The van der Waals surface area contributed by atoms with E-state index in [-0.39, 0.29) is 46.7 Å². The molecule has 0 saturated heterocycles. The van der Waals surface area contributed by atoms with Gasteiger partial charge in [0.1, 0.15) is 0 Å². The largest absolute Gasteiger partial charge is 0.311 e. The quantitative estimate of drug-likeness (QED) is 0.133. The SMILES string of the molecule is [2H]c1c([2H])c(N(c2ccc(-c3ccc(-c4ccccc4)cc3)cc2)c2c([2H])c([2H])c(-c3cccc(-c4cccc5ccccc45)c3)c([2H])c2[2H])c([2H])c([2H])c1-c1cc(-c2ccccc2)cc(-c2ccccc2)c1. The van der Waals surface area contributed by atoms with Crippen molar-refractivity contribution in [2.75, 3.05) is 4.90 Å². The second-order valence-corrected chi connectivity index (χ2v) is 15.9. The highest BCUT2D eigenvalue weighted by Gasteiger charge is 2.15. The van der Waals surface area contributed by atoms with Crippen LogP contribution in [-0.4, -0.2) is 0 Å². The minimum Gasteiger partial charge on any atom is -0.311 e. The molecule has 11 aromatic carbocycles. The van der Waals surface area contributed by atoms with Gasteiger partial charge in [0.05, 0.1) is 11.0 Å². The summed E-state index contributed by atoms with van der Waals surface area (Å²) in [6, 6.07) is 69.6. The third-order valence-corrected chi connectivity index (χ3v) is 11.8. The predicted molar refractivity (Wildman–Crippen MR) is 277 cm³/mol. The molecule has 0 aromatic heterocycles. The molecule has 0 radical (unpaired) electrons. The van der Waals surface area contributed by atoms with Gasteiger partial charge in [0, 0.05) is 17.1 Å². The lowest BCUT2D eigenvalue weighted by atomic mass is 9.93. The zero-order valence-corrected chi connectivity index (χ0v) is 35.3. The molecule has 0 spiro atoms. The fraction of sp³-hybridized carbons (Fsp3) is 0. The summed E-state index contributed by atoms with van der Waals surface area (Å²) < 4.78 is 77.6. The van der Waals surface area contributed by atoms with Gasteiger partial charge in [-0.05, 0) is 149 Å². The highest BCUT2D eigenvalue weighted by molar-refractivity contribution is 5.97. The first-order valence-corrected chi connectivity index (χ1v) is 21.7. The van der Waals surface area contributed by atoms with E-state index >= 15 is 0 Å². The van der Waals surface area contributed by atoms with Crippen LogP contribution in [0.3, 0.4) is 0 Å². The first-order valence-electron chi connectivity index (χ1n) is 25.7. The molecule has 0 amide bonds. The van der Waals surface area contributed by atoms with Crippen LogP contribution in [0.2, 0.25) is 0 Å². The maximum absolute atomic E-state index is 9.79. The Kier molecular flexibility index (Phi) is 8.53. The number of fused-ring (bicyclic) bond motifs is 1. The molecule has 1 nitrogen and oxygen atoms in total. The molecule has 0 aliphatic rings. The molecule has 0 unspecified atom stereocenters. The minimum atomic E-state index is -0.410. The molecule has 65 heavy (non-hydrogen) atoms. The molecule has 11 aromatic rings. The molecule has 0 aliphatic carbocycles. The van der Waals surface area contributed by atoms with Crippen molar-refractivity contribution in [1.29, 1.82) is 0 Å². The molecule has 0 atom stereocenters. The summed E-state index contributed by atoms with van der Waals surface area (Å²) in [7, 11) is 0. The highest BCUT2D eigenvalue weighted by Crippen LogP contribution is 2.40. The Morgan fingerprint density at radius 3 is 1.12 bits per heavy atom. The van der Waals surface area contributed by atoms with Crippen molar-refractivity contribution < 1.29 is 11.0 Å². The van der Waals surface area contributed by atoms with E-state index in [0.717, 1.165) is 66.4 Å². The van der Waals surface area contributed by atoms with E-state index in [1.165, 1.54) is 4.90 Å². The summed E-state index contributed by atoms with van der Waals surface area (Å²) in [6.45, 7) is 0. The van der Waals surface area contributed by atoms with E-state index < -0.39 is 24.2 Å². The van der Waals surface area contributed by atoms with E-state index in [2.05, 4.69) is 24.3 Å². The first kappa shape index (κ1) is 31.3. The number of nitrogens with zero attached hydrogens (tertiary/aromatic N) is 1. The van der Waals surface area contributed by atoms with Crippen LogP contribution in [0.25, 0.3) is 88.7 Å². The fourth-order valence-corrected chi connectivity index (χ4v) is 8.47. The zero-order chi connectivity index (χ0) is 50.3. The van der Waals surface area contributed by atoms with Crippen LogP contribution in [0.4, 0.5) is 17.1 Å². The summed E-state index contributed by atoms with van der Waals surface area (Å²) in [5.74, 6) is 0. The number of hydrogen-bond donors (Lipinski definition) is 0. The number of benzene rings is 11. The normalized spacial score (nSPS) is 12.8. The smallest absolute Gasteiger partial charge is 0.0645 e. The summed E-state index contributed by atoms with van der Waals surface area (Å²) in [6.07, 6.45) is 0. The Morgan fingerprint density at radius 1 is 0.231 bits per heavy atom. The Bertz CT molecular complexity index is 3740. The van der Waals surface area contributed by atoms with Gasteiger partial charge in [-0.25, -0.2) is 0 Å². The number of anilines is 3. The predicted octanol–water partition coefficient (Wildman–Crippen LogP) is 18.0. The molecule has 0 heterocycles. The van der Waals surface area contributed by atoms with Gasteiger partial charge >= 0.3 is 0 Å². The van der Waals surface area contributed by atoms with Crippen LogP contribution in [-0.2, 0) is 0 Å². The number of hydrogen-bond acceptors (Lipinski definition) is 1. The average Bonchev–Trinajstić information content (AvgIpc) is 3.44. The van der Waals surface area contributed by atoms with Crippen molar-refractivity contribution in [1.82, 2.24) is 0 Å². The lowest BCUT2D eigenvalue weighted by Gasteiger charge is -2.26. The van der Waals surface area contributed by atoms with Crippen molar-refractivity contribution in [3.63, 3.8) is 0 Å². The molecule has 1 heteroatoms. The van der Waals surface area contributed by atoms with Crippen LogP contribution in [0.1, 0.15) is 11.0 Å². The first-order chi connectivity index (χ1) is 35.5. The van der Waals surface area contributed by atoms with Crippen LogP contribution >= 0.6 is 0 Å². The second-order valence-electron chi connectivity index (χ2n) is 15.9. The Morgan fingerprint density at radius 2 is 0.585 bits per heavy atom. The van der Waals surface area contributed by atoms with E-state index in [9.17, 15) is 11.0 Å². The zero-order valence-electron chi connectivity index (χ0n) is 43.3. The molecule has 0 saturated carbocycles. The van der Waals surface area contributed by atoms with Gasteiger partial charge in [0.2, 0.25) is 0 Å². The van der Waals surface area contributed by atoms with Crippen molar-refractivity contribution >= 4 is 27.8 Å². The number of rotatable bonds is 10. The van der Waals surface area contributed by atoms with Gasteiger partial charge in [0.25, 0.3) is 0 Å². The molecule has 306 valence electrons. The Labute approximate surface area is 393 Å². The highest BCUT2D eigenvalue weighted by atomic mass is 15.1. The molecule has 0 fully saturated rings. The van der Waals surface area contributed by atoms with Crippen LogP contribution in [0.5, 0.6) is 0 Å². The minimum absolute atomic E-state index is 0.0870. The van der Waals surface area contributed by atoms with E-state index in [4.69, 9.17) is 0 Å². The van der Waals surface area contributed by atoms with E-state index in [1.807, 2.05) is 182 Å². The van der Waals surface area contributed by atoms with Crippen LogP contribution in [0.15, 0.2) is 273 Å². The molecule has 11 rings (SSSR count). The van der Waals surface area contributed by atoms with Gasteiger partial charge in [-0.3, -0.25) is 0 Å². The fourth-order valence-electron chi connectivity index (χ4n) is 8.47. The van der Waals surface area contributed by atoms with E-state index in [1.54, 1.807) is 18.2 Å². The van der Waals surface area contributed by atoms with Crippen molar-refractivity contribution in [3.05, 3.63) is 273 Å². The lowest BCUT2D eigenvalue weighted by Crippen LogP contribution is -2.09. The lowest BCUT2D eigenvalue weighted by molar-refractivity contribution is 1.28. The maximum atomic E-state index is 9.79. The third-order valence-electron chi connectivity index (χ3n) is 11.8. The van der Waals surface area contributed by atoms with Gasteiger partial charge in [0.15, 0.2) is 0 Å². The van der Waals surface area contributed by atoms with Gasteiger partial charge in [-0.2, -0.15) is 0 Å². The Balaban J connectivity index is 1.08. The summed E-state index contributed by atoms with van der Waals surface area (Å²) in [5.41, 5.74) is 10.3. The summed E-state index contributed by atoms with van der Waals surface area (Å²) in [5, 5.41) is 2.10. The topological polar surface area (TPSA) is 3.24 Å². The van der Waals surface area contributed by atoms with Crippen molar-refractivity contribution in [2.45, 2.75) is 0 Å². The third kappa shape index (κ3) is 8.27. The monoisotopic (exact) mass is 835 g/mol. The molecule has 0 N–H and O–H groups in total. The maximum Gasteiger partial charge on any atom is 0.0645 e. The summed E-state index contributed by atoms with van der Waals surface area (Å²) in [4.78, 5) is 1.36. The van der Waals surface area contributed by atoms with Crippen molar-refractivity contribution in [3.8, 4) is 77.9 Å². The van der Waals surface area contributed by atoms with E-state index in [0.29, 0.717) is 16.8 Å². The molecular weight excluding hydrogens is 783 g/mol. The Hall–Kier alpha value is -8.52. The summed E-state index contributed by atoms with van der Waals surface area (Å²) >= 11 is 0. The standard InChI is InChI=1S/C64H45N/c1-4-14-46(15-5-1)49-26-28-50(29-27-49)51-30-36-60(37-31-51)65(61-38-32-52(33-39-61)55-22-12-23-56(42-55)64-25-13-21-54-20-10-11-24-63(54)64)62-40-34-53(35-41-62)59-44-57(47-16-6-2-7-17-47)43-58(45-59)48-18-8-3-9-19-48/h1-45H/i32D,33D,34D,35D,38D,39D,40D,41D. The van der Waals surface area contributed by atoms with Gasteiger partial charge in [-0.15, -0.1) is 0 Å².